The van der Waals surface area contributed by atoms with Crippen molar-refractivity contribution in [3.63, 3.8) is 0 Å². The van der Waals surface area contributed by atoms with E-state index in [0.717, 1.165) is 28.4 Å². The minimum absolute atomic E-state index is 0.0426. The third-order valence-corrected chi connectivity index (χ3v) is 4.44. The van der Waals surface area contributed by atoms with Gasteiger partial charge in [-0.25, -0.2) is 0 Å². The summed E-state index contributed by atoms with van der Waals surface area (Å²) in [5, 5.41) is 12.9. The Kier molecular flexibility index (Phi) is 5.96. The van der Waals surface area contributed by atoms with Gasteiger partial charge in [-0.2, -0.15) is 11.8 Å². The summed E-state index contributed by atoms with van der Waals surface area (Å²) >= 11 is 1.82. The number of hydrogen-bond acceptors (Lipinski definition) is 4. The molecule has 0 heterocycles. The summed E-state index contributed by atoms with van der Waals surface area (Å²) in [5.41, 5.74) is 9.95. The van der Waals surface area contributed by atoms with E-state index in [1.54, 1.807) is 0 Å². The van der Waals surface area contributed by atoms with Crippen LogP contribution in [0.5, 0.6) is 0 Å². The van der Waals surface area contributed by atoms with Gasteiger partial charge >= 0.3 is 0 Å². The molecular formula is C17H22N2OS. The maximum Gasteiger partial charge on any atom is 0.0640 e. The fraction of sp³-hybridized carbons (Fsp3) is 0.294. The Bertz CT molecular complexity index is 560. The zero-order valence-corrected chi connectivity index (χ0v) is 13.1. The first-order valence-corrected chi connectivity index (χ1v) is 8.19. The normalized spacial score (nSPS) is 12.1. The monoisotopic (exact) mass is 302 g/mol. The molecule has 0 fully saturated rings. The molecule has 2 rings (SSSR count). The summed E-state index contributed by atoms with van der Waals surface area (Å²) in [6.45, 7) is 2.13. The zero-order valence-electron chi connectivity index (χ0n) is 12.3. The van der Waals surface area contributed by atoms with Crippen LogP contribution in [0.1, 0.15) is 11.1 Å². The van der Waals surface area contributed by atoms with Crippen molar-refractivity contribution in [3.8, 4) is 0 Å². The number of aliphatic hydroxyl groups excluding tert-OH is 1. The van der Waals surface area contributed by atoms with E-state index in [1.807, 2.05) is 43.0 Å². The van der Waals surface area contributed by atoms with E-state index in [9.17, 15) is 5.11 Å². The van der Waals surface area contributed by atoms with E-state index in [0.29, 0.717) is 0 Å². The van der Waals surface area contributed by atoms with Crippen molar-refractivity contribution in [2.45, 2.75) is 18.7 Å². The number of aryl methyl sites for hydroxylation is 1. The highest BCUT2D eigenvalue weighted by molar-refractivity contribution is 7.98. The molecular weight excluding hydrogens is 280 g/mol. The van der Waals surface area contributed by atoms with E-state index >= 15 is 0 Å². The van der Waals surface area contributed by atoms with Gasteiger partial charge in [0, 0.05) is 22.9 Å². The zero-order chi connectivity index (χ0) is 15.1. The highest BCUT2D eigenvalue weighted by Crippen LogP contribution is 2.20. The molecule has 3 nitrogen and oxygen atoms in total. The van der Waals surface area contributed by atoms with Gasteiger partial charge in [0.05, 0.1) is 12.6 Å². The molecule has 0 radical (unpaired) electrons. The van der Waals surface area contributed by atoms with Gasteiger partial charge in [0.1, 0.15) is 0 Å². The molecule has 0 aliphatic rings. The number of nitrogens with one attached hydrogen (secondary N) is 1. The summed E-state index contributed by atoms with van der Waals surface area (Å²) in [6, 6.07) is 16.2. The van der Waals surface area contributed by atoms with Gasteiger partial charge in [-0.05, 0) is 36.2 Å². The quantitative estimate of drug-likeness (QED) is 0.687. The molecule has 2 aromatic rings. The Hall–Kier alpha value is -1.65. The Morgan fingerprint density at radius 1 is 1.19 bits per heavy atom. The Balaban J connectivity index is 1.85. The molecule has 1 atom stereocenters. The van der Waals surface area contributed by atoms with Crippen LogP contribution in [0.4, 0.5) is 11.4 Å². The fourth-order valence-corrected chi connectivity index (χ4v) is 3.12. The van der Waals surface area contributed by atoms with Crippen molar-refractivity contribution >= 4 is 23.1 Å². The molecule has 112 valence electrons. The smallest absolute Gasteiger partial charge is 0.0640 e. The van der Waals surface area contributed by atoms with Gasteiger partial charge in [-0.15, -0.1) is 0 Å². The molecule has 4 heteroatoms. The van der Waals surface area contributed by atoms with Crippen molar-refractivity contribution in [1.29, 1.82) is 0 Å². The molecule has 0 spiro atoms. The van der Waals surface area contributed by atoms with Crippen LogP contribution in [0.3, 0.4) is 0 Å². The van der Waals surface area contributed by atoms with Crippen molar-refractivity contribution in [3.05, 3.63) is 59.7 Å². The third kappa shape index (κ3) is 4.99. The second kappa shape index (κ2) is 7.96. The third-order valence-electron chi connectivity index (χ3n) is 3.26. The lowest BCUT2D eigenvalue weighted by Gasteiger charge is -2.19. The van der Waals surface area contributed by atoms with Crippen LogP contribution in [-0.4, -0.2) is 23.5 Å². The van der Waals surface area contributed by atoms with Gasteiger partial charge in [0.25, 0.3) is 0 Å². The molecule has 2 aromatic carbocycles. The van der Waals surface area contributed by atoms with Gasteiger partial charge in [-0.3, -0.25) is 0 Å². The Morgan fingerprint density at radius 2 is 1.95 bits per heavy atom. The fourth-order valence-electron chi connectivity index (χ4n) is 2.10. The van der Waals surface area contributed by atoms with E-state index < -0.39 is 0 Å². The van der Waals surface area contributed by atoms with Gasteiger partial charge < -0.3 is 16.2 Å². The molecule has 0 amide bonds. The highest BCUT2D eigenvalue weighted by Gasteiger charge is 2.09. The second-order valence-electron chi connectivity index (χ2n) is 5.10. The molecule has 0 saturated carbocycles. The predicted molar refractivity (Wildman–Crippen MR) is 92.7 cm³/mol. The predicted octanol–water partition coefficient (Wildman–Crippen LogP) is 3.28. The minimum atomic E-state index is 0.0426. The second-order valence-corrected chi connectivity index (χ2v) is 6.13. The number of anilines is 2. The molecule has 1 unspecified atom stereocenters. The van der Waals surface area contributed by atoms with Crippen LogP contribution in [0.15, 0.2) is 48.5 Å². The summed E-state index contributed by atoms with van der Waals surface area (Å²) in [4.78, 5) is 0. The first kappa shape index (κ1) is 15.7. The molecule has 0 aromatic heterocycles. The van der Waals surface area contributed by atoms with E-state index in [-0.39, 0.29) is 12.6 Å². The summed E-state index contributed by atoms with van der Waals surface area (Å²) in [7, 11) is 0. The molecule has 0 aliphatic heterocycles. The molecule has 21 heavy (non-hydrogen) atoms. The lowest BCUT2D eigenvalue weighted by atomic mass is 10.1. The topological polar surface area (TPSA) is 58.3 Å². The maximum atomic E-state index is 9.53. The summed E-state index contributed by atoms with van der Waals surface area (Å²) in [5.74, 6) is 1.81. The van der Waals surface area contributed by atoms with E-state index in [2.05, 4.69) is 29.6 Å². The minimum Gasteiger partial charge on any atom is -0.399 e. The Labute approximate surface area is 130 Å². The number of hydrogen-bond donors (Lipinski definition) is 3. The number of thioether (sulfide) groups is 1. The molecule has 0 aliphatic carbocycles. The first-order chi connectivity index (χ1) is 10.2. The average Bonchev–Trinajstić information content (AvgIpc) is 2.49. The van der Waals surface area contributed by atoms with Crippen LogP contribution in [0.2, 0.25) is 0 Å². The lowest BCUT2D eigenvalue weighted by Crippen LogP contribution is -2.26. The number of aliphatic hydroxyl groups is 1. The number of benzene rings is 2. The average molecular weight is 302 g/mol. The van der Waals surface area contributed by atoms with Crippen molar-refractivity contribution in [1.82, 2.24) is 0 Å². The standard InChI is InChI=1S/C17H22N2OS/c1-13-9-15(18)7-8-17(13)19-16(10-20)12-21-11-14-5-3-2-4-6-14/h2-9,16,19-20H,10-12,18H2,1H3. The van der Waals surface area contributed by atoms with E-state index in [4.69, 9.17) is 5.73 Å². The Morgan fingerprint density at radius 3 is 2.62 bits per heavy atom. The summed E-state index contributed by atoms with van der Waals surface area (Å²) < 4.78 is 0. The van der Waals surface area contributed by atoms with Crippen molar-refractivity contribution < 1.29 is 5.11 Å². The van der Waals surface area contributed by atoms with Crippen LogP contribution in [0, 0.1) is 6.92 Å². The lowest BCUT2D eigenvalue weighted by molar-refractivity contribution is 0.283. The number of rotatable bonds is 7. The molecule has 4 N–H and O–H groups in total. The van der Waals surface area contributed by atoms with Gasteiger partial charge in [0.15, 0.2) is 0 Å². The van der Waals surface area contributed by atoms with Crippen LogP contribution in [-0.2, 0) is 5.75 Å². The van der Waals surface area contributed by atoms with Crippen LogP contribution < -0.4 is 11.1 Å². The summed E-state index contributed by atoms with van der Waals surface area (Å²) in [6.07, 6.45) is 0. The molecule has 0 saturated heterocycles. The SMILES string of the molecule is Cc1cc(N)ccc1NC(CO)CSCc1ccccc1. The molecule has 0 bridgehead atoms. The van der Waals surface area contributed by atoms with Gasteiger partial charge in [0.2, 0.25) is 0 Å². The first-order valence-electron chi connectivity index (χ1n) is 7.04. The van der Waals surface area contributed by atoms with Crippen LogP contribution >= 0.6 is 11.8 Å². The number of nitrogens with two attached hydrogens (primary N) is 1. The van der Waals surface area contributed by atoms with Crippen molar-refractivity contribution in [2.24, 2.45) is 0 Å². The van der Waals surface area contributed by atoms with Gasteiger partial charge in [-0.1, -0.05) is 30.3 Å². The van der Waals surface area contributed by atoms with Crippen LogP contribution in [0.25, 0.3) is 0 Å². The van der Waals surface area contributed by atoms with E-state index in [1.165, 1.54) is 5.56 Å². The van der Waals surface area contributed by atoms with Crippen molar-refractivity contribution in [2.75, 3.05) is 23.4 Å². The largest absolute Gasteiger partial charge is 0.399 e. The highest BCUT2D eigenvalue weighted by atomic mass is 32.2. The maximum absolute atomic E-state index is 9.53. The number of nitrogen functional groups attached to an aromatic ring is 1.